The van der Waals surface area contributed by atoms with Crippen LogP contribution in [0.1, 0.15) is 69.3 Å². The van der Waals surface area contributed by atoms with Crippen LogP contribution in [0.3, 0.4) is 0 Å². The summed E-state index contributed by atoms with van der Waals surface area (Å²) in [4.78, 5) is 34.6. The molecule has 31 heavy (non-hydrogen) atoms. The fourth-order valence-corrected chi connectivity index (χ4v) is 3.84. The van der Waals surface area contributed by atoms with E-state index in [9.17, 15) is 9.59 Å². The fraction of sp³-hybridized carbons (Fsp3) is 0.435. The average molecular weight is 422 g/mol. The summed E-state index contributed by atoms with van der Waals surface area (Å²) < 4.78 is 7.58. The lowest BCUT2D eigenvalue weighted by Gasteiger charge is -2.26. The van der Waals surface area contributed by atoms with Crippen LogP contribution < -0.4 is 4.90 Å². The number of carbonyl (C=O) groups is 2. The van der Waals surface area contributed by atoms with Gasteiger partial charge in [-0.2, -0.15) is 10.1 Å². The molecular weight excluding hydrogens is 394 g/mol. The number of fused-ring (bicyclic) bond motifs is 1. The molecule has 0 atom stereocenters. The highest BCUT2D eigenvalue weighted by atomic mass is 16.6. The first kappa shape index (κ1) is 21.0. The van der Waals surface area contributed by atoms with E-state index >= 15 is 0 Å². The third-order valence-corrected chi connectivity index (χ3v) is 5.31. The standard InChI is InChI=1S/C23H27N5O3/c1-23(2,3)31-22(30)27(18-11-9-16(15-29)10-12-18)21-24-13-17-14-25-28(20(17)26-21)19-7-5-4-6-8-19/h9-15,19H,4-8H2,1-3H3. The van der Waals surface area contributed by atoms with Crippen molar-refractivity contribution in [1.29, 1.82) is 0 Å². The molecule has 1 aromatic carbocycles. The first-order valence-electron chi connectivity index (χ1n) is 10.6. The molecule has 1 saturated carbocycles. The lowest BCUT2D eigenvalue weighted by atomic mass is 9.96. The average Bonchev–Trinajstić information content (AvgIpc) is 3.17. The van der Waals surface area contributed by atoms with Gasteiger partial charge >= 0.3 is 6.09 Å². The monoisotopic (exact) mass is 421 g/mol. The van der Waals surface area contributed by atoms with E-state index in [1.54, 1.807) is 57.4 Å². The summed E-state index contributed by atoms with van der Waals surface area (Å²) in [5, 5.41) is 5.39. The molecule has 0 spiro atoms. The number of hydrogen-bond acceptors (Lipinski definition) is 6. The quantitative estimate of drug-likeness (QED) is 0.537. The molecule has 0 saturated heterocycles. The second-order valence-corrected chi connectivity index (χ2v) is 8.86. The molecule has 4 rings (SSSR count). The molecule has 2 heterocycles. The van der Waals surface area contributed by atoms with E-state index in [1.807, 2.05) is 4.68 Å². The Bertz CT molecular complexity index is 1080. The van der Waals surface area contributed by atoms with Gasteiger partial charge in [0.05, 0.1) is 23.3 Å². The number of hydrogen-bond donors (Lipinski definition) is 0. The maximum Gasteiger partial charge on any atom is 0.421 e. The Labute approximate surface area is 181 Å². The Kier molecular flexibility index (Phi) is 5.71. The van der Waals surface area contributed by atoms with Gasteiger partial charge in [-0.1, -0.05) is 19.3 Å². The van der Waals surface area contributed by atoms with Crippen molar-refractivity contribution < 1.29 is 14.3 Å². The summed E-state index contributed by atoms with van der Waals surface area (Å²) in [5.41, 5.74) is 1.05. The van der Waals surface area contributed by atoms with Gasteiger partial charge in [0, 0.05) is 11.8 Å². The summed E-state index contributed by atoms with van der Waals surface area (Å²) in [7, 11) is 0. The number of anilines is 2. The molecule has 1 fully saturated rings. The van der Waals surface area contributed by atoms with Crippen molar-refractivity contribution in [2.75, 3.05) is 4.90 Å². The molecule has 0 bridgehead atoms. The number of carbonyl (C=O) groups excluding carboxylic acids is 2. The van der Waals surface area contributed by atoms with Crippen LogP contribution in [0.5, 0.6) is 0 Å². The second-order valence-electron chi connectivity index (χ2n) is 8.86. The molecule has 0 radical (unpaired) electrons. The van der Waals surface area contributed by atoms with Gasteiger partial charge in [0.25, 0.3) is 0 Å². The first-order chi connectivity index (χ1) is 14.9. The molecule has 1 amide bonds. The third kappa shape index (κ3) is 4.57. The second kappa shape index (κ2) is 8.45. The zero-order chi connectivity index (χ0) is 22.0. The SMILES string of the molecule is CC(C)(C)OC(=O)N(c1ccc(C=O)cc1)c1ncc2cnn(C3CCCCC3)c2n1. The number of rotatable bonds is 4. The number of amides is 1. The van der Waals surface area contributed by atoms with Crippen LogP contribution >= 0.6 is 0 Å². The third-order valence-electron chi connectivity index (χ3n) is 5.31. The van der Waals surface area contributed by atoms with Crippen molar-refractivity contribution in [2.24, 2.45) is 0 Å². The highest BCUT2D eigenvalue weighted by Gasteiger charge is 2.28. The molecular formula is C23H27N5O3. The predicted octanol–water partition coefficient (Wildman–Crippen LogP) is 5.22. The lowest BCUT2D eigenvalue weighted by Crippen LogP contribution is -2.34. The Balaban J connectivity index is 1.77. The molecule has 1 aliphatic carbocycles. The molecule has 0 N–H and O–H groups in total. The topological polar surface area (TPSA) is 90.2 Å². The minimum atomic E-state index is -0.688. The number of nitrogens with zero attached hydrogens (tertiary/aromatic N) is 5. The van der Waals surface area contributed by atoms with E-state index in [2.05, 4.69) is 10.1 Å². The maximum atomic E-state index is 13.1. The minimum Gasteiger partial charge on any atom is -0.443 e. The zero-order valence-electron chi connectivity index (χ0n) is 18.1. The van der Waals surface area contributed by atoms with Crippen molar-refractivity contribution in [3.63, 3.8) is 0 Å². The van der Waals surface area contributed by atoms with Gasteiger partial charge in [0.2, 0.25) is 5.95 Å². The van der Waals surface area contributed by atoms with Crippen LogP contribution in [0.4, 0.5) is 16.4 Å². The van der Waals surface area contributed by atoms with Crippen molar-refractivity contribution in [3.8, 4) is 0 Å². The van der Waals surface area contributed by atoms with Crippen molar-refractivity contribution >= 4 is 35.0 Å². The minimum absolute atomic E-state index is 0.207. The molecule has 1 aliphatic rings. The van der Waals surface area contributed by atoms with Gasteiger partial charge in [-0.05, 0) is 57.9 Å². The van der Waals surface area contributed by atoms with E-state index in [1.165, 1.54) is 24.2 Å². The van der Waals surface area contributed by atoms with Crippen molar-refractivity contribution in [3.05, 3.63) is 42.2 Å². The highest BCUT2D eigenvalue weighted by molar-refractivity contribution is 5.95. The van der Waals surface area contributed by atoms with Crippen LogP contribution in [0, 0.1) is 0 Å². The Hall–Kier alpha value is -3.29. The van der Waals surface area contributed by atoms with Gasteiger partial charge in [-0.15, -0.1) is 0 Å². The van der Waals surface area contributed by atoms with Crippen LogP contribution in [0.25, 0.3) is 11.0 Å². The van der Waals surface area contributed by atoms with Gasteiger partial charge in [0.1, 0.15) is 11.9 Å². The summed E-state index contributed by atoms with van der Waals surface area (Å²) in [6.07, 6.45) is 9.36. The smallest absolute Gasteiger partial charge is 0.421 e. The Morgan fingerprint density at radius 3 is 2.48 bits per heavy atom. The van der Waals surface area contributed by atoms with E-state index in [0.29, 0.717) is 22.9 Å². The van der Waals surface area contributed by atoms with Gasteiger partial charge in [0.15, 0.2) is 5.65 Å². The number of benzene rings is 1. The van der Waals surface area contributed by atoms with E-state index in [0.717, 1.165) is 24.5 Å². The molecule has 0 aliphatic heterocycles. The summed E-state index contributed by atoms with van der Waals surface area (Å²) >= 11 is 0. The van der Waals surface area contributed by atoms with Crippen molar-refractivity contribution in [2.45, 2.75) is 64.5 Å². The highest BCUT2D eigenvalue weighted by Crippen LogP contribution is 2.31. The number of aromatic nitrogens is 4. The molecule has 2 aromatic heterocycles. The first-order valence-corrected chi connectivity index (χ1v) is 10.6. The van der Waals surface area contributed by atoms with Gasteiger partial charge in [-0.25, -0.2) is 19.4 Å². The maximum absolute atomic E-state index is 13.1. The molecule has 0 unspecified atom stereocenters. The number of aldehydes is 1. The fourth-order valence-electron chi connectivity index (χ4n) is 3.84. The van der Waals surface area contributed by atoms with Gasteiger partial charge < -0.3 is 4.74 Å². The lowest BCUT2D eigenvalue weighted by molar-refractivity contribution is 0.0597. The van der Waals surface area contributed by atoms with Crippen molar-refractivity contribution in [1.82, 2.24) is 19.7 Å². The van der Waals surface area contributed by atoms with Crippen LogP contribution in [-0.2, 0) is 4.74 Å². The van der Waals surface area contributed by atoms with E-state index in [-0.39, 0.29) is 5.95 Å². The summed E-state index contributed by atoms with van der Waals surface area (Å²) in [6, 6.07) is 6.95. The molecule has 8 heteroatoms. The predicted molar refractivity (Wildman–Crippen MR) is 118 cm³/mol. The van der Waals surface area contributed by atoms with Crippen LogP contribution in [0.15, 0.2) is 36.7 Å². The molecule has 8 nitrogen and oxygen atoms in total. The van der Waals surface area contributed by atoms with E-state index in [4.69, 9.17) is 9.72 Å². The Morgan fingerprint density at radius 1 is 1.13 bits per heavy atom. The number of ether oxygens (including phenoxy) is 1. The summed E-state index contributed by atoms with van der Waals surface area (Å²) in [5.74, 6) is 0.207. The van der Waals surface area contributed by atoms with Crippen LogP contribution in [-0.4, -0.2) is 37.7 Å². The zero-order valence-corrected chi connectivity index (χ0v) is 18.1. The molecule has 3 aromatic rings. The van der Waals surface area contributed by atoms with Gasteiger partial charge in [-0.3, -0.25) is 4.79 Å². The Morgan fingerprint density at radius 2 is 1.84 bits per heavy atom. The molecule has 162 valence electrons. The van der Waals surface area contributed by atoms with Crippen LogP contribution in [0.2, 0.25) is 0 Å². The largest absolute Gasteiger partial charge is 0.443 e. The summed E-state index contributed by atoms with van der Waals surface area (Å²) in [6.45, 7) is 5.42. The normalized spacial score (nSPS) is 15.1. The van der Waals surface area contributed by atoms with E-state index < -0.39 is 11.7 Å².